The van der Waals surface area contributed by atoms with Crippen molar-refractivity contribution in [3.63, 3.8) is 0 Å². The van der Waals surface area contributed by atoms with Gasteiger partial charge in [-0.05, 0) is 30.5 Å². The minimum atomic E-state index is -0.131. The highest BCUT2D eigenvalue weighted by Gasteiger charge is 2.21. The summed E-state index contributed by atoms with van der Waals surface area (Å²) in [5, 5.41) is 7.87. The lowest BCUT2D eigenvalue weighted by Crippen LogP contribution is -2.47. The molecule has 1 atom stereocenters. The number of carbonyl (C=O) groups is 1. The first-order valence-corrected chi connectivity index (χ1v) is 8.07. The Morgan fingerprint density at radius 2 is 2.30 bits per heavy atom. The van der Waals surface area contributed by atoms with Gasteiger partial charge in [0, 0.05) is 30.2 Å². The lowest BCUT2D eigenvalue weighted by molar-refractivity contribution is 0.193. The summed E-state index contributed by atoms with van der Waals surface area (Å²) in [5.74, 6) is 0.661. The maximum atomic E-state index is 12.4. The SMILES string of the molecule is NC1CCCN(C(=O)Nc2ccnn2Cc2cccc(Cl)c2)C1. The van der Waals surface area contributed by atoms with Crippen molar-refractivity contribution >= 4 is 23.4 Å². The van der Waals surface area contributed by atoms with Crippen LogP contribution in [-0.4, -0.2) is 39.8 Å². The van der Waals surface area contributed by atoms with Gasteiger partial charge < -0.3 is 10.6 Å². The Morgan fingerprint density at radius 1 is 1.43 bits per heavy atom. The van der Waals surface area contributed by atoms with Crippen LogP contribution < -0.4 is 11.1 Å². The summed E-state index contributed by atoms with van der Waals surface area (Å²) in [5.41, 5.74) is 6.96. The van der Waals surface area contributed by atoms with Crippen LogP contribution in [0.4, 0.5) is 10.6 Å². The molecule has 7 heteroatoms. The highest BCUT2D eigenvalue weighted by Crippen LogP contribution is 2.16. The van der Waals surface area contributed by atoms with E-state index in [4.69, 9.17) is 17.3 Å². The number of amides is 2. The molecule has 1 saturated heterocycles. The smallest absolute Gasteiger partial charge is 0.323 e. The van der Waals surface area contributed by atoms with E-state index in [1.807, 2.05) is 24.3 Å². The molecule has 6 nitrogen and oxygen atoms in total. The predicted octanol–water partition coefficient (Wildman–Crippen LogP) is 2.54. The lowest BCUT2D eigenvalue weighted by Gasteiger charge is -2.30. The Bertz CT molecular complexity index is 687. The number of nitrogens with zero attached hydrogens (tertiary/aromatic N) is 3. The molecule has 1 aromatic heterocycles. The standard InChI is InChI=1S/C16H20ClN5O/c17-13-4-1-3-12(9-13)10-22-15(6-7-19-22)20-16(23)21-8-2-5-14(18)11-21/h1,3-4,6-7,9,14H,2,5,8,10-11,18H2,(H,20,23). The van der Waals surface area contributed by atoms with Crippen molar-refractivity contribution in [3.8, 4) is 0 Å². The van der Waals surface area contributed by atoms with Gasteiger partial charge in [0.15, 0.2) is 0 Å². The summed E-state index contributed by atoms with van der Waals surface area (Å²) in [7, 11) is 0. The number of aromatic nitrogens is 2. The molecule has 3 N–H and O–H groups in total. The second kappa shape index (κ2) is 7.02. The average Bonchev–Trinajstić information content (AvgIpc) is 2.94. The van der Waals surface area contributed by atoms with Gasteiger partial charge in [0.2, 0.25) is 0 Å². The van der Waals surface area contributed by atoms with Crippen LogP contribution in [0, 0.1) is 0 Å². The van der Waals surface area contributed by atoms with Crippen LogP contribution >= 0.6 is 11.6 Å². The molecular weight excluding hydrogens is 314 g/mol. The molecule has 122 valence electrons. The topological polar surface area (TPSA) is 76.2 Å². The molecule has 3 rings (SSSR count). The number of halogens is 1. The largest absolute Gasteiger partial charge is 0.326 e. The molecule has 1 fully saturated rings. The van der Waals surface area contributed by atoms with E-state index in [9.17, 15) is 4.79 Å². The summed E-state index contributed by atoms with van der Waals surface area (Å²) < 4.78 is 1.74. The van der Waals surface area contributed by atoms with E-state index in [2.05, 4.69) is 10.4 Å². The summed E-state index contributed by atoms with van der Waals surface area (Å²) in [6.45, 7) is 1.87. The molecule has 1 aliphatic rings. The van der Waals surface area contributed by atoms with E-state index in [1.54, 1.807) is 21.8 Å². The number of benzene rings is 1. The van der Waals surface area contributed by atoms with Crippen LogP contribution in [0.15, 0.2) is 36.5 Å². The number of carbonyl (C=O) groups excluding carboxylic acids is 1. The maximum Gasteiger partial charge on any atom is 0.323 e. The number of nitrogens with two attached hydrogens (primary N) is 1. The molecule has 23 heavy (non-hydrogen) atoms. The Balaban J connectivity index is 1.67. The van der Waals surface area contributed by atoms with Crippen LogP contribution in [-0.2, 0) is 6.54 Å². The number of hydrogen-bond acceptors (Lipinski definition) is 3. The maximum absolute atomic E-state index is 12.4. The fraction of sp³-hybridized carbons (Fsp3) is 0.375. The fourth-order valence-electron chi connectivity index (χ4n) is 2.76. The van der Waals surface area contributed by atoms with E-state index in [0.717, 1.165) is 24.9 Å². The van der Waals surface area contributed by atoms with E-state index in [-0.39, 0.29) is 12.1 Å². The molecule has 1 aromatic carbocycles. The van der Waals surface area contributed by atoms with Crippen molar-refractivity contribution in [1.29, 1.82) is 0 Å². The Morgan fingerprint density at radius 3 is 3.09 bits per heavy atom. The Kier molecular flexibility index (Phi) is 4.83. The normalized spacial score (nSPS) is 18.0. The van der Waals surface area contributed by atoms with Crippen LogP contribution in [0.2, 0.25) is 5.02 Å². The molecule has 0 spiro atoms. The van der Waals surface area contributed by atoms with Crippen LogP contribution in [0.1, 0.15) is 18.4 Å². The molecule has 2 aromatic rings. The van der Waals surface area contributed by atoms with Gasteiger partial charge in [-0.25, -0.2) is 9.48 Å². The third-order valence-electron chi connectivity index (χ3n) is 3.92. The first kappa shape index (κ1) is 15.8. The van der Waals surface area contributed by atoms with Gasteiger partial charge in [-0.15, -0.1) is 0 Å². The molecule has 1 aliphatic heterocycles. The van der Waals surface area contributed by atoms with Crippen LogP contribution in [0.25, 0.3) is 0 Å². The predicted molar refractivity (Wildman–Crippen MR) is 90.6 cm³/mol. The van der Waals surface area contributed by atoms with E-state index < -0.39 is 0 Å². The zero-order valence-corrected chi connectivity index (χ0v) is 13.5. The van der Waals surface area contributed by atoms with Gasteiger partial charge in [0.05, 0.1) is 12.7 Å². The summed E-state index contributed by atoms with van der Waals surface area (Å²) in [6.07, 6.45) is 3.58. The number of likely N-dealkylation sites (tertiary alicyclic amines) is 1. The van der Waals surface area contributed by atoms with Gasteiger partial charge in [-0.2, -0.15) is 5.10 Å². The van der Waals surface area contributed by atoms with Crippen molar-refractivity contribution in [2.24, 2.45) is 5.73 Å². The molecule has 0 aliphatic carbocycles. The number of hydrogen-bond donors (Lipinski definition) is 2. The number of nitrogens with one attached hydrogen (secondary N) is 1. The van der Waals surface area contributed by atoms with Gasteiger partial charge in [-0.3, -0.25) is 5.32 Å². The molecule has 2 heterocycles. The van der Waals surface area contributed by atoms with E-state index >= 15 is 0 Å². The van der Waals surface area contributed by atoms with Crippen molar-refractivity contribution in [2.75, 3.05) is 18.4 Å². The third-order valence-corrected chi connectivity index (χ3v) is 4.15. The Hall–Kier alpha value is -2.05. The lowest BCUT2D eigenvalue weighted by atomic mass is 10.1. The molecule has 1 unspecified atom stereocenters. The second-order valence-corrected chi connectivity index (χ2v) is 6.22. The summed E-state index contributed by atoms with van der Waals surface area (Å²) in [6, 6.07) is 9.30. The Labute approximate surface area is 140 Å². The molecular formula is C16H20ClN5O. The summed E-state index contributed by atoms with van der Waals surface area (Å²) >= 11 is 6.01. The van der Waals surface area contributed by atoms with Crippen molar-refractivity contribution in [3.05, 3.63) is 47.1 Å². The highest BCUT2D eigenvalue weighted by molar-refractivity contribution is 6.30. The van der Waals surface area contributed by atoms with E-state index in [1.165, 1.54) is 0 Å². The number of rotatable bonds is 3. The quantitative estimate of drug-likeness (QED) is 0.906. The third kappa shape index (κ3) is 4.03. The second-order valence-electron chi connectivity index (χ2n) is 5.78. The zero-order chi connectivity index (χ0) is 16.2. The zero-order valence-electron chi connectivity index (χ0n) is 12.8. The van der Waals surface area contributed by atoms with Gasteiger partial charge in [-0.1, -0.05) is 23.7 Å². The molecule has 0 saturated carbocycles. The first-order valence-electron chi connectivity index (χ1n) is 7.69. The highest BCUT2D eigenvalue weighted by atomic mass is 35.5. The number of urea groups is 1. The minimum absolute atomic E-state index is 0.0610. The summed E-state index contributed by atoms with van der Waals surface area (Å²) in [4.78, 5) is 14.1. The first-order chi connectivity index (χ1) is 11.1. The van der Waals surface area contributed by atoms with Crippen LogP contribution in [0.5, 0.6) is 0 Å². The van der Waals surface area contributed by atoms with Crippen molar-refractivity contribution < 1.29 is 4.79 Å². The molecule has 0 radical (unpaired) electrons. The van der Waals surface area contributed by atoms with Gasteiger partial charge in [0.1, 0.15) is 5.82 Å². The van der Waals surface area contributed by atoms with Gasteiger partial charge >= 0.3 is 6.03 Å². The number of anilines is 1. The average molecular weight is 334 g/mol. The number of piperidine rings is 1. The van der Waals surface area contributed by atoms with Crippen molar-refractivity contribution in [1.82, 2.24) is 14.7 Å². The van der Waals surface area contributed by atoms with Gasteiger partial charge in [0.25, 0.3) is 0 Å². The van der Waals surface area contributed by atoms with E-state index in [0.29, 0.717) is 23.9 Å². The fourth-order valence-corrected chi connectivity index (χ4v) is 2.97. The molecule has 0 bridgehead atoms. The molecule has 2 amide bonds. The van der Waals surface area contributed by atoms with Crippen LogP contribution in [0.3, 0.4) is 0 Å². The minimum Gasteiger partial charge on any atom is -0.326 e. The van der Waals surface area contributed by atoms with Crippen molar-refractivity contribution in [2.45, 2.75) is 25.4 Å². The monoisotopic (exact) mass is 333 g/mol.